The van der Waals surface area contributed by atoms with Gasteiger partial charge in [-0.1, -0.05) is 12.2 Å². The van der Waals surface area contributed by atoms with Gasteiger partial charge in [0.25, 0.3) is 5.56 Å². The summed E-state index contributed by atoms with van der Waals surface area (Å²) in [5.41, 5.74) is 0.979. The third kappa shape index (κ3) is 2.28. The molecule has 1 saturated carbocycles. The highest BCUT2D eigenvalue weighted by atomic mass is 19.1. The fourth-order valence-corrected chi connectivity index (χ4v) is 2.88. The Morgan fingerprint density at radius 1 is 1.38 bits per heavy atom. The minimum atomic E-state index is -0.525. The van der Waals surface area contributed by atoms with E-state index < -0.39 is 11.9 Å². The van der Waals surface area contributed by atoms with Gasteiger partial charge in [-0.2, -0.15) is 0 Å². The summed E-state index contributed by atoms with van der Waals surface area (Å²) in [5.74, 6) is -0.0425. The van der Waals surface area contributed by atoms with Crippen molar-refractivity contribution < 1.29 is 9.18 Å². The molecule has 0 aliphatic heterocycles. The molecule has 1 fully saturated rings. The number of benzene rings is 1. The van der Waals surface area contributed by atoms with Gasteiger partial charge in [0.1, 0.15) is 11.6 Å². The molecule has 1 aliphatic rings. The van der Waals surface area contributed by atoms with E-state index in [1.807, 2.05) is 0 Å². The molecule has 4 nitrogen and oxygen atoms in total. The third-order valence-corrected chi connectivity index (χ3v) is 3.92. The number of carbonyl (C=O) groups is 1. The zero-order chi connectivity index (χ0) is 15.1. The van der Waals surface area contributed by atoms with E-state index >= 15 is 0 Å². The summed E-state index contributed by atoms with van der Waals surface area (Å²) in [6.45, 7) is 5.52. The van der Waals surface area contributed by atoms with Gasteiger partial charge in [-0.25, -0.2) is 9.37 Å². The molecule has 1 atom stereocenters. The Kier molecular flexibility index (Phi) is 3.20. The maximum atomic E-state index is 13.4. The minimum Gasteiger partial charge on any atom is -0.297 e. The van der Waals surface area contributed by atoms with Gasteiger partial charge >= 0.3 is 0 Å². The highest BCUT2D eigenvalue weighted by molar-refractivity contribution is 5.86. The fraction of sp³-hybridized carbons (Fsp3) is 0.312. The zero-order valence-corrected chi connectivity index (χ0v) is 11.7. The first-order valence-electron chi connectivity index (χ1n) is 6.85. The highest BCUT2D eigenvalue weighted by Gasteiger charge is 2.28. The summed E-state index contributed by atoms with van der Waals surface area (Å²) in [6.07, 6.45) is 1.54. The van der Waals surface area contributed by atoms with Crippen molar-refractivity contribution in [2.24, 2.45) is 0 Å². The van der Waals surface area contributed by atoms with E-state index in [1.165, 1.54) is 22.8 Å². The second kappa shape index (κ2) is 4.91. The predicted octanol–water partition coefficient (Wildman–Crippen LogP) is 2.69. The van der Waals surface area contributed by atoms with Crippen LogP contribution in [0.25, 0.3) is 10.9 Å². The van der Waals surface area contributed by atoms with Crippen LogP contribution in [0.2, 0.25) is 0 Å². The Balaban J connectivity index is 2.21. The van der Waals surface area contributed by atoms with Crippen molar-refractivity contribution in [3.63, 3.8) is 0 Å². The fourth-order valence-electron chi connectivity index (χ4n) is 2.88. The summed E-state index contributed by atoms with van der Waals surface area (Å²) in [4.78, 5) is 29.1. The summed E-state index contributed by atoms with van der Waals surface area (Å²) in [6, 6.07) is 3.40. The topological polar surface area (TPSA) is 52.0 Å². The van der Waals surface area contributed by atoms with Crippen LogP contribution in [-0.2, 0) is 4.79 Å². The van der Waals surface area contributed by atoms with Crippen molar-refractivity contribution in [3.05, 3.63) is 52.3 Å². The van der Waals surface area contributed by atoms with Crippen molar-refractivity contribution in [2.75, 3.05) is 0 Å². The molecule has 0 saturated heterocycles. The second-order valence-electron chi connectivity index (χ2n) is 5.44. The van der Waals surface area contributed by atoms with Crippen LogP contribution >= 0.6 is 0 Å². The largest absolute Gasteiger partial charge is 0.297 e. The lowest BCUT2D eigenvalue weighted by Gasteiger charge is -2.25. The maximum absolute atomic E-state index is 13.4. The van der Waals surface area contributed by atoms with Gasteiger partial charge in [-0.05, 0) is 38.0 Å². The normalized spacial score (nSPS) is 19.2. The number of ketones is 1. The smallest absolute Gasteiger partial charge is 0.262 e. The van der Waals surface area contributed by atoms with E-state index in [1.54, 1.807) is 6.92 Å². The molecule has 2 aromatic rings. The Labute approximate surface area is 120 Å². The number of aromatic nitrogens is 2. The molecule has 108 valence electrons. The Bertz CT molecular complexity index is 823. The van der Waals surface area contributed by atoms with Crippen LogP contribution in [-0.4, -0.2) is 15.3 Å². The van der Waals surface area contributed by atoms with Crippen molar-refractivity contribution in [3.8, 4) is 0 Å². The average Bonchev–Trinajstić information content (AvgIpc) is 2.42. The van der Waals surface area contributed by atoms with Gasteiger partial charge in [-0.15, -0.1) is 0 Å². The van der Waals surface area contributed by atoms with Crippen LogP contribution in [0.15, 0.2) is 35.1 Å². The maximum Gasteiger partial charge on any atom is 0.262 e. The number of hydrogen-bond donors (Lipinski definition) is 0. The minimum absolute atomic E-state index is 0.0333. The standard InChI is InChI=1S/C16H15FN2O2/c1-9-3-6-14(15(20)7-9)19-10(2)18-13-5-4-11(17)8-12(13)16(19)21/h4-5,8,14H,1,3,6-7H2,2H3. The van der Waals surface area contributed by atoms with Gasteiger partial charge in [-0.3, -0.25) is 14.2 Å². The second-order valence-corrected chi connectivity index (χ2v) is 5.44. The van der Waals surface area contributed by atoms with E-state index in [4.69, 9.17) is 0 Å². The van der Waals surface area contributed by atoms with Crippen molar-refractivity contribution in [1.29, 1.82) is 0 Å². The number of fused-ring (bicyclic) bond motifs is 1. The Morgan fingerprint density at radius 2 is 2.14 bits per heavy atom. The molecule has 0 spiro atoms. The van der Waals surface area contributed by atoms with E-state index in [0.29, 0.717) is 24.2 Å². The SMILES string of the molecule is C=C1CCC(n2c(C)nc3ccc(F)cc3c2=O)C(=O)C1. The van der Waals surface area contributed by atoms with E-state index in [0.717, 1.165) is 5.57 Å². The van der Waals surface area contributed by atoms with Crippen LogP contribution in [0, 0.1) is 12.7 Å². The molecule has 0 radical (unpaired) electrons. The molecule has 0 bridgehead atoms. The summed E-state index contributed by atoms with van der Waals surface area (Å²) < 4.78 is 14.8. The molecule has 0 N–H and O–H groups in total. The summed E-state index contributed by atoms with van der Waals surface area (Å²) in [5, 5.41) is 0.206. The van der Waals surface area contributed by atoms with E-state index in [-0.39, 0.29) is 23.1 Å². The summed E-state index contributed by atoms with van der Waals surface area (Å²) >= 11 is 0. The number of rotatable bonds is 1. The van der Waals surface area contributed by atoms with Crippen LogP contribution in [0.4, 0.5) is 4.39 Å². The molecule has 1 aliphatic carbocycles. The number of allylic oxidation sites excluding steroid dienone is 1. The lowest BCUT2D eigenvalue weighted by atomic mass is 9.90. The number of nitrogens with zero attached hydrogens (tertiary/aromatic N) is 2. The van der Waals surface area contributed by atoms with Crippen molar-refractivity contribution in [2.45, 2.75) is 32.2 Å². The van der Waals surface area contributed by atoms with Crippen molar-refractivity contribution >= 4 is 16.7 Å². The molecule has 1 unspecified atom stereocenters. The van der Waals surface area contributed by atoms with Crippen LogP contribution in [0.3, 0.4) is 0 Å². The van der Waals surface area contributed by atoms with Gasteiger partial charge < -0.3 is 0 Å². The quantitative estimate of drug-likeness (QED) is 0.757. The third-order valence-electron chi connectivity index (χ3n) is 3.92. The van der Waals surface area contributed by atoms with Gasteiger partial charge in [0.2, 0.25) is 0 Å². The number of aryl methyl sites for hydroxylation is 1. The Hall–Kier alpha value is -2.30. The zero-order valence-electron chi connectivity index (χ0n) is 11.7. The summed E-state index contributed by atoms with van der Waals surface area (Å²) in [7, 11) is 0. The van der Waals surface area contributed by atoms with Crippen molar-refractivity contribution in [1.82, 2.24) is 9.55 Å². The predicted molar refractivity (Wildman–Crippen MR) is 77.7 cm³/mol. The van der Waals surface area contributed by atoms with Crippen LogP contribution in [0.5, 0.6) is 0 Å². The van der Waals surface area contributed by atoms with Crippen LogP contribution < -0.4 is 5.56 Å². The molecular formula is C16H15FN2O2. The number of Topliss-reactive ketones (excluding diaryl/α,β-unsaturated/α-hetero) is 1. The lowest BCUT2D eigenvalue weighted by Crippen LogP contribution is -2.34. The molecule has 1 aromatic carbocycles. The first-order valence-corrected chi connectivity index (χ1v) is 6.85. The highest BCUT2D eigenvalue weighted by Crippen LogP contribution is 2.28. The molecule has 1 heterocycles. The number of hydrogen-bond acceptors (Lipinski definition) is 3. The first kappa shape index (κ1) is 13.7. The first-order chi connectivity index (χ1) is 9.97. The van der Waals surface area contributed by atoms with Crippen LogP contribution in [0.1, 0.15) is 31.1 Å². The molecule has 21 heavy (non-hydrogen) atoms. The lowest BCUT2D eigenvalue weighted by molar-refractivity contribution is -0.122. The number of halogens is 1. The molecule has 0 amide bonds. The molecule has 3 rings (SSSR count). The van der Waals surface area contributed by atoms with Gasteiger partial charge in [0.15, 0.2) is 5.78 Å². The molecule has 1 aromatic heterocycles. The Morgan fingerprint density at radius 3 is 2.86 bits per heavy atom. The molecular weight excluding hydrogens is 271 g/mol. The van der Waals surface area contributed by atoms with E-state index in [2.05, 4.69) is 11.6 Å². The average molecular weight is 286 g/mol. The van der Waals surface area contributed by atoms with Gasteiger partial charge in [0, 0.05) is 6.42 Å². The van der Waals surface area contributed by atoms with E-state index in [9.17, 15) is 14.0 Å². The number of carbonyl (C=O) groups excluding carboxylic acids is 1. The van der Waals surface area contributed by atoms with Gasteiger partial charge in [0.05, 0.1) is 16.9 Å². The monoisotopic (exact) mass is 286 g/mol. The molecule has 5 heteroatoms.